The summed E-state index contributed by atoms with van der Waals surface area (Å²) in [5.74, 6) is -2.34. The number of piperidine rings is 1. The van der Waals surface area contributed by atoms with Crippen molar-refractivity contribution in [1.29, 1.82) is 0 Å². The summed E-state index contributed by atoms with van der Waals surface area (Å²) in [5, 5.41) is 6.80. The minimum absolute atomic E-state index is 0.0527. The molecule has 0 aliphatic carbocycles. The Balaban J connectivity index is 1.29. The second kappa shape index (κ2) is 8.06. The summed E-state index contributed by atoms with van der Waals surface area (Å²) >= 11 is 0. The maximum absolute atomic E-state index is 13.9. The van der Waals surface area contributed by atoms with Gasteiger partial charge in [-0.2, -0.15) is 0 Å². The van der Waals surface area contributed by atoms with Gasteiger partial charge < -0.3 is 19.8 Å². The minimum atomic E-state index is -0.874. The van der Waals surface area contributed by atoms with E-state index in [1.54, 1.807) is 0 Å². The molecule has 2 amide bonds. The zero-order chi connectivity index (χ0) is 20.4. The Morgan fingerprint density at radius 2 is 2.07 bits per heavy atom. The molecule has 0 bridgehead atoms. The standard InChI is InChI=1S/C20H23F2N3O4/c21-13-3-4-15(16(22)10-13)19(27)25-7-5-20(6-8-25)11-17(24-29-20)18(26)23-12-14-2-1-9-28-14/h3-4,10,14H,1-2,5-9,11-12H2,(H,23,26). The molecule has 29 heavy (non-hydrogen) atoms. The topological polar surface area (TPSA) is 80.2 Å². The van der Waals surface area contributed by atoms with Crippen LogP contribution in [0.4, 0.5) is 8.78 Å². The predicted molar refractivity (Wildman–Crippen MR) is 99.3 cm³/mol. The molecule has 0 radical (unpaired) electrons. The SMILES string of the molecule is O=C(NCC1CCCO1)C1=NOC2(CCN(C(=O)c3ccc(F)cc3F)CC2)C1. The Bertz CT molecular complexity index is 831. The van der Waals surface area contributed by atoms with E-state index in [1.807, 2.05) is 0 Å². The van der Waals surface area contributed by atoms with Gasteiger partial charge in [0.05, 0.1) is 11.7 Å². The Morgan fingerprint density at radius 3 is 2.76 bits per heavy atom. The van der Waals surface area contributed by atoms with E-state index < -0.39 is 23.1 Å². The van der Waals surface area contributed by atoms with Crippen LogP contribution in [0.3, 0.4) is 0 Å². The number of amides is 2. The summed E-state index contributed by atoms with van der Waals surface area (Å²) in [6.07, 6.45) is 3.33. The molecule has 0 saturated carbocycles. The first-order valence-corrected chi connectivity index (χ1v) is 9.85. The summed E-state index contributed by atoms with van der Waals surface area (Å²) in [6.45, 7) is 1.87. The molecule has 2 fully saturated rings. The molecule has 1 unspecified atom stereocenters. The van der Waals surface area contributed by atoms with Crippen molar-refractivity contribution in [3.63, 3.8) is 0 Å². The van der Waals surface area contributed by atoms with Crippen LogP contribution in [0.2, 0.25) is 0 Å². The fraction of sp³-hybridized carbons (Fsp3) is 0.550. The van der Waals surface area contributed by atoms with Crippen LogP contribution < -0.4 is 5.32 Å². The first-order chi connectivity index (χ1) is 14.0. The smallest absolute Gasteiger partial charge is 0.269 e. The van der Waals surface area contributed by atoms with E-state index in [0.717, 1.165) is 31.6 Å². The van der Waals surface area contributed by atoms with Gasteiger partial charge in [0.25, 0.3) is 11.8 Å². The molecule has 7 nitrogen and oxygen atoms in total. The maximum atomic E-state index is 13.9. The van der Waals surface area contributed by atoms with Crippen molar-refractivity contribution in [3.05, 3.63) is 35.4 Å². The molecule has 1 atom stereocenters. The van der Waals surface area contributed by atoms with E-state index in [0.29, 0.717) is 50.7 Å². The van der Waals surface area contributed by atoms with Gasteiger partial charge >= 0.3 is 0 Å². The third kappa shape index (κ3) is 4.24. The third-order valence-electron chi connectivity index (χ3n) is 5.74. The predicted octanol–water partition coefficient (Wildman–Crippen LogP) is 2.01. The zero-order valence-corrected chi connectivity index (χ0v) is 16.0. The van der Waals surface area contributed by atoms with Gasteiger partial charge in [-0.15, -0.1) is 0 Å². The zero-order valence-electron chi connectivity index (χ0n) is 16.0. The summed E-state index contributed by atoms with van der Waals surface area (Å²) in [6, 6.07) is 2.92. The van der Waals surface area contributed by atoms with Gasteiger partial charge in [-0.3, -0.25) is 9.59 Å². The lowest BCUT2D eigenvalue weighted by molar-refractivity contribution is -0.115. The van der Waals surface area contributed by atoms with Crippen molar-refractivity contribution in [3.8, 4) is 0 Å². The Morgan fingerprint density at radius 1 is 1.28 bits per heavy atom. The van der Waals surface area contributed by atoms with Crippen LogP contribution in [-0.2, 0) is 14.4 Å². The number of carbonyl (C=O) groups excluding carboxylic acids is 2. The van der Waals surface area contributed by atoms with Crippen LogP contribution in [0.15, 0.2) is 23.4 Å². The molecule has 1 aromatic carbocycles. The van der Waals surface area contributed by atoms with Crippen LogP contribution in [0.5, 0.6) is 0 Å². The van der Waals surface area contributed by atoms with Crippen molar-refractivity contribution in [2.45, 2.75) is 43.8 Å². The molecular weight excluding hydrogens is 384 g/mol. The highest BCUT2D eigenvalue weighted by atomic mass is 19.1. The summed E-state index contributed by atoms with van der Waals surface area (Å²) in [7, 11) is 0. The molecular formula is C20H23F2N3O4. The third-order valence-corrected chi connectivity index (χ3v) is 5.74. The van der Waals surface area contributed by atoms with Crippen LogP contribution in [-0.4, -0.2) is 60.4 Å². The summed E-state index contributed by atoms with van der Waals surface area (Å²) in [5.41, 5.74) is -0.429. The molecule has 0 aromatic heterocycles. The molecule has 3 heterocycles. The number of hydrogen-bond acceptors (Lipinski definition) is 5. The highest BCUT2D eigenvalue weighted by Gasteiger charge is 2.44. The largest absolute Gasteiger partial charge is 0.388 e. The molecule has 156 valence electrons. The second-order valence-corrected chi connectivity index (χ2v) is 7.75. The lowest BCUT2D eigenvalue weighted by atomic mass is 9.86. The second-order valence-electron chi connectivity index (χ2n) is 7.75. The van der Waals surface area contributed by atoms with Crippen molar-refractivity contribution in [2.75, 3.05) is 26.2 Å². The number of halogens is 2. The molecule has 1 spiro atoms. The van der Waals surface area contributed by atoms with Gasteiger partial charge in [0, 0.05) is 51.6 Å². The van der Waals surface area contributed by atoms with E-state index >= 15 is 0 Å². The minimum Gasteiger partial charge on any atom is -0.388 e. The maximum Gasteiger partial charge on any atom is 0.269 e. The van der Waals surface area contributed by atoms with Gasteiger partial charge in [0.15, 0.2) is 0 Å². The molecule has 1 aromatic rings. The average Bonchev–Trinajstić information content (AvgIpc) is 3.37. The van der Waals surface area contributed by atoms with Crippen molar-refractivity contribution < 1.29 is 27.9 Å². The van der Waals surface area contributed by atoms with Crippen molar-refractivity contribution >= 4 is 17.5 Å². The Labute approximate surface area is 167 Å². The van der Waals surface area contributed by atoms with E-state index in [9.17, 15) is 18.4 Å². The fourth-order valence-electron chi connectivity index (χ4n) is 3.98. The monoisotopic (exact) mass is 407 g/mol. The molecule has 9 heteroatoms. The van der Waals surface area contributed by atoms with Gasteiger partial charge in [-0.1, -0.05) is 5.16 Å². The highest BCUT2D eigenvalue weighted by molar-refractivity contribution is 6.39. The number of nitrogens with one attached hydrogen (secondary N) is 1. The molecule has 4 rings (SSSR count). The van der Waals surface area contributed by atoms with E-state index in [2.05, 4.69) is 10.5 Å². The van der Waals surface area contributed by atoms with Crippen molar-refractivity contribution in [2.24, 2.45) is 5.16 Å². The molecule has 3 aliphatic rings. The first kappa shape index (κ1) is 19.8. The molecule has 3 aliphatic heterocycles. The molecule has 2 saturated heterocycles. The average molecular weight is 407 g/mol. The Hall–Kier alpha value is -2.55. The first-order valence-electron chi connectivity index (χ1n) is 9.85. The number of likely N-dealkylation sites (tertiary alicyclic amines) is 1. The number of rotatable bonds is 4. The highest BCUT2D eigenvalue weighted by Crippen LogP contribution is 2.35. The quantitative estimate of drug-likeness (QED) is 0.828. The van der Waals surface area contributed by atoms with E-state index in [1.165, 1.54) is 4.90 Å². The van der Waals surface area contributed by atoms with Crippen LogP contribution in [0, 0.1) is 11.6 Å². The lowest BCUT2D eigenvalue weighted by Crippen LogP contribution is -2.47. The van der Waals surface area contributed by atoms with Gasteiger partial charge in [0.2, 0.25) is 0 Å². The normalized spacial score (nSPS) is 23.0. The van der Waals surface area contributed by atoms with Crippen LogP contribution >= 0.6 is 0 Å². The number of benzene rings is 1. The Kier molecular flexibility index (Phi) is 5.49. The molecule has 1 N–H and O–H groups in total. The number of hydrogen-bond donors (Lipinski definition) is 1. The van der Waals surface area contributed by atoms with Gasteiger partial charge in [-0.05, 0) is 25.0 Å². The number of nitrogens with zero attached hydrogens (tertiary/aromatic N) is 2. The number of oxime groups is 1. The summed E-state index contributed by atoms with van der Waals surface area (Å²) in [4.78, 5) is 32.0. The van der Waals surface area contributed by atoms with Crippen LogP contribution in [0.1, 0.15) is 42.5 Å². The van der Waals surface area contributed by atoms with Gasteiger partial charge in [-0.25, -0.2) is 8.78 Å². The fourth-order valence-corrected chi connectivity index (χ4v) is 3.98. The van der Waals surface area contributed by atoms with E-state index in [4.69, 9.17) is 9.57 Å². The van der Waals surface area contributed by atoms with Crippen LogP contribution in [0.25, 0.3) is 0 Å². The number of carbonyl (C=O) groups is 2. The lowest BCUT2D eigenvalue weighted by Gasteiger charge is -2.37. The van der Waals surface area contributed by atoms with Crippen molar-refractivity contribution in [1.82, 2.24) is 10.2 Å². The summed E-state index contributed by atoms with van der Waals surface area (Å²) < 4.78 is 32.4. The van der Waals surface area contributed by atoms with E-state index in [-0.39, 0.29) is 17.6 Å². The van der Waals surface area contributed by atoms with Gasteiger partial charge in [0.1, 0.15) is 22.9 Å². The number of ether oxygens (including phenoxy) is 1.